The molecular formula is C15H18N4O5S. The van der Waals surface area contributed by atoms with Crippen LogP contribution in [0.15, 0.2) is 29.3 Å². The van der Waals surface area contributed by atoms with E-state index in [1.165, 1.54) is 0 Å². The fourth-order valence-corrected chi connectivity index (χ4v) is 2.67. The van der Waals surface area contributed by atoms with Crippen LogP contribution in [0, 0.1) is 0 Å². The average molecular weight is 366 g/mol. The molecule has 1 aromatic heterocycles. The lowest BCUT2D eigenvalue weighted by Crippen LogP contribution is -2.24. The molecule has 0 atom stereocenters. The second-order valence-corrected chi connectivity index (χ2v) is 6.99. The zero-order valence-corrected chi connectivity index (χ0v) is 14.3. The number of para-hydroxylation sites is 1. The Balaban J connectivity index is 0.000000399. The molecule has 1 aliphatic heterocycles. The van der Waals surface area contributed by atoms with Crippen LogP contribution >= 0.6 is 0 Å². The van der Waals surface area contributed by atoms with Gasteiger partial charge in [0.25, 0.3) is 16.0 Å². The molecule has 1 amide bonds. The highest BCUT2D eigenvalue weighted by Crippen LogP contribution is 2.28. The zero-order chi connectivity index (χ0) is 18.8. The molecule has 1 aromatic carbocycles. The smallest absolute Gasteiger partial charge is 0.296 e. The Bertz CT molecular complexity index is 963. The van der Waals surface area contributed by atoms with E-state index in [2.05, 4.69) is 4.99 Å². The van der Waals surface area contributed by atoms with Gasteiger partial charge in [-0.2, -0.15) is 13.4 Å². The molecule has 0 saturated heterocycles. The second kappa shape index (κ2) is 7.03. The van der Waals surface area contributed by atoms with Gasteiger partial charge in [-0.15, -0.1) is 0 Å². The number of guanidine groups is 1. The average Bonchev–Trinajstić information content (AvgIpc) is 2.74. The van der Waals surface area contributed by atoms with Crippen molar-refractivity contribution in [3.05, 3.63) is 35.5 Å². The van der Waals surface area contributed by atoms with Crippen LogP contribution < -0.4 is 11.5 Å². The number of nitrogens with zero attached hydrogens (tertiary/aromatic N) is 2. The number of aromatic nitrogens is 1. The van der Waals surface area contributed by atoms with E-state index in [1.807, 2.05) is 16.7 Å². The third-order valence-electron chi connectivity index (χ3n) is 3.46. The van der Waals surface area contributed by atoms with E-state index in [-0.39, 0.29) is 11.7 Å². The number of Topliss-reactive ketones (excluding diaryl/α,β-unsaturated/α-hetero) is 1. The third-order valence-corrected chi connectivity index (χ3v) is 3.46. The monoisotopic (exact) mass is 366 g/mol. The van der Waals surface area contributed by atoms with Crippen LogP contribution in [0.5, 0.6) is 0 Å². The molecule has 25 heavy (non-hydrogen) atoms. The Labute approximate surface area is 144 Å². The lowest BCUT2D eigenvalue weighted by atomic mass is 10.1. The van der Waals surface area contributed by atoms with E-state index in [0.29, 0.717) is 36.9 Å². The van der Waals surface area contributed by atoms with E-state index in [0.717, 1.165) is 10.9 Å². The van der Waals surface area contributed by atoms with E-state index < -0.39 is 16.0 Å². The molecule has 2 heterocycles. The van der Waals surface area contributed by atoms with Gasteiger partial charge in [0, 0.05) is 23.9 Å². The first-order chi connectivity index (χ1) is 11.6. The Morgan fingerprint density at radius 2 is 1.96 bits per heavy atom. The number of aliphatic imine (C=N–C) groups is 1. The first-order valence-electron chi connectivity index (χ1n) is 7.30. The number of ketones is 1. The molecule has 134 valence electrons. The predicted octanol–water partition coefficient (Wildman–Crippen LogP) is 0.535. The highest BCUT2D eigenvalue weighted by atomic mass is 32.2. The summed E-state index contributed by atoms with van der Waals surface area (Å²) in [6, 6.07) is 7.22. The molecule has 5 N–H and O–H groups in total. The van der Waals surface area contributed by atoms with E-state index in [1.54, 1.807) is 12.1 Å². The Kier molecular flexibility index (Phi) is 5.24. The quantitative estimate of drug-likeness (QED) is 0.377. The van der Waals surface area contributed by atoms with Crippen LogP contribution in [0.3, 0.4) is 0 Å². The van der Waals surface area contributed by atoms with Gasteiger partial charge >= 0.3 is 0 Å². The summed E-state index contributed by atoms with van der Waals surface area (Å²) in [4.78, 5) is 27.7. The normalized spacial score (nSPS) is 13.6. The topological polar surface area (TPSA) is 158 Å². The van der Waals surface area contributed by atoms with Crippen LogP contribution in [0.25, 0.3) is 10.9 Å². The highest BCUT2D eigenvalue weighted by molar-refractivity contribution is 7.85. The Morgan fingerprint density at radius 3 is 2.56 bits per heavy atom. The van der Waals surface area contributed by atoms with Gasteiger partial charge in [-0.25, -0.2) is 0 Å². The summed E-state index contributed by atoms with van der Waals surface area (Å²) >= 11 is 0. The molecule has 0 spiro atoms. The van der Waals surface area contributed by atoms with Crippen molar-refractivity contribution in [1.82, 2.24) is 4.57 Å². The lowest BCUT2D eigenvalue weighted by molar-refractivity contribution is 0.0981. The fourth-order valence-electron chi connectivity index (χ4n) is 2.67. The lowest BCUT2D eigenvalue weighted by Gasteiger charge is -2.06. The summed E-state index contributed by atoms with van der Waals surface area (Å²) in [6.07, 6.45) is 1.89. The molecule has 3 rings (SSSR count). The molecule has 0 unspecified atom stereocenters. The summed E-state index contributed by atoms with van der Waals surface area (Å²) in [5, 5.41) is 0.854. The molecule has 10 heteroatoms. The Morgan fingerprint density at radius 1 is 1.32 bits per heavy atom. The van der Waals surface area contributed by atoms with Crippen LogP contribution in [-0.2, 0) is 16.7 Å². The van der Waals surface area contributed by atoms with Crippen molar-refractivity contribution < 1.29 is 22.6 Å². The second-order valence-electron chi connectivity index (χ2n) is 5.53. The van der Waals surface area contributed by atoms with Crippen LogP contribution in [0.2, 0.25) is 0 Å². The Hall–Kier alpha value is -2.72. The highest BCUT2D eigenvalue weighted by Gasteiger charge is 2.22. The fraction of sp³-hybridized carbons (Fsp3) is 0.267. The molecule has 9 nitrogen and oxygen atoms in total. The van der Waals surface area contributed by atoms with Crippen molar-refractivity contribution in [3.8, 4) is 0 Å². The molecule has 0 bridgehead atoms. The summed E-state index contributed by atoms with van der Waals surface area (Å²) in [5.41, 5.74) is 12.4. The number of hydrogen-bond acceptors (Lipinski definition) is 4. The minimum absolute atomic E-state index is 0.105. The van der Waals surface area contributed by atoms with Crippen LogP contribution in [0.1, 0.15) is 33.7 Å². The maximum Gasteiger partial charge on any atom is 0.296 e. The van der Waals surface area contributed by atoms with Gasteiger partial charge in [-0.1, -0.05) is 12.1 Å². The standard InChI is InChI=1S/C14H14N4O2.CH4O3S/c15-14(16)17-13(20)10-7-8-3-1-4-9-11(19)5-2-6-18(10)12(8)9;1-5(2,3)4/h1,3-4,7H,2,5-6H2,(H4,15,16,17,20);1H3,(H,2,3,4). The summed E-state index contributed by atoms with van der Waals surface area (Å²) in [6.45, 7) is 0.604. The number of hydrogen-bond donors (Lipinski definition) is 3. The van der Waals surface area contributed by atoms with Crippen molar-refractivity contribution in [3.63, 3.8) is 0 Å². The molecule has 0 aliphatic carbocycles. The minimum atomic E-state index is -3.67. The van der Waals surface area contributed by atoms with Gasteiger partial charge < -0.3 is 16.0 Å². The SMILES string of the molecule is CS(=O)(=O)O.NC(N)=NC(=O)c1cc2cccc3c2n1CCCC3=O. The van der Waals surface area contributed by atoms with Crippen molar-refractivity contribution in [2.75, 3.05) is 6.26 Å². The predicted molar refractivity (Wildman–Crippen MR) is 93.1 cm³/mol. The first-order valence-corrected chi connectivity index (χ1v) is 9.14. The number of carbonyl (C=O) groups excluding carboxylic acids is 2. The van der Waals surface area contributed by atoms with Crippen LogP contribution in [-0.4, -0.2) is 41.4 Å². The maximum absolute atomic E-state index is 12.1. The van der Waals surface area contributed by atoms with E-state index >= 15 is 0 Å². The van der Waals surface area contributed by atoms with E-state index in [9.17, 15) is 18.0 Å². The number of amides is 1. The van der Waals surface area contributed by atoms with Gasteiger partial charge in [0.2, 0.25) is 0 Å². The van der Waals surface area contributed by atoms with Gasteiger partial charge in [0.1, 0.15) is 5.69 Å². The summed E-state index contributed by atoms with van der Waals surface area (Å²) in [5.74, 6) is -0.646. The largest absolute Gasteiger partial charge is 0.370 e. The van der Waals surface area contributed by atoms with Crippen molar-refractivity contribution >= 4 is 38.7 Å². The zero-order valence-electron chi connectivity index (χ0n) is 13.5. The molecule has 0 fully saturated rings. The van der Waals surface area contributed by atoms with Crippen molar-refractivity contribution in [2.45, 2.75) is 19.4 Å². The summed E-state index contributed by atoms with van der Waals surface area (Å²) < 4.78 is 27.7. The van der Waals surface area contributed by atoms with Crippen LogP contribution in [0.4, 0.5) is 0 Å². The molecule has 1 aliphatic rings. The molecule has 2 aromatic rings. The van der Waals surface area contributed by atoms with Gasteiger partial charge in [-0.3, -0.25) is 14.1 Å². The van der Waals surface area contributed by atoms with Gasteiger partial charge in [-0.05, 0) is 18.6 Å². The minimum Gasteiger partial charge on any atom is -0.370 e. The van der Waals surface area contributed by atoms with Crippen molar-refractivity contribution in [2.24, 2.45) is 16.5 Å². The molecule has 0 radical (unpaired) electrons. The number of aryl methyl sites for hydroxylation is 1. The van der Waals surface area contributed by atoms with Crippen molar-refractivity contribution in [1.29, 1.82) is 0 Å². The first kappa shape index (κ1) is 18.6. The third kappa shape index (κ3) is 4.64. The number of rotatable bonds is 1. The molecular weight excluding hydrogens is 348 g/mol. The molecule has 0 saturated carbocycles. The van der Waals surface area contributed by atoms with Gasteiger partial charge in [0.15, 0.2) is 11.7 Å². The number of nitrogens with two attached hydrogens (primary N) is 2. The number of benzene rings is 1. The maximum atomic E-state index is 12.1. The number of carbonyl (C=O) groups is 2. The summed E-state index contributed by atoms with van der Waals surface area (Å²) in [7, 11) is -3.67. The van der Waals surface area contributed by atoms with E-state index in [4.69, 9.17) is 16.0 Å². The van der Waals surface area contributed by atoms with Gasteiger partial charge in [0.05, 0.1) is 11.8 Å².